The van der Waals surface area contributed by atoms with Gasteiger partial charge in [-0.15, -0.1) is 0 Å². The number of hydrogen-bond acceptors (Lipinski definition) is 8. The van der Waals surface area contributed by atoms with Crippen molar-refractivity contribution in [2.24, 2.45) is 0 Å². The molecule has 0 saturated carbocycles. The molecule has 0 aromatic heterocycles. The molecule has 10 heteroatoms. The maximum Gasteiger partial charge on any atom is 0.306 e. The number of allylic oxidation sites excluding steroid dienone is 10. The van der Waals surface area contributed by atoms with Gasteiger partial charge in [-0.3, -0.25) is 24.0 Å². The summed E-state index contributed by atoms with van der Waals surface area (Å²) in [6, 6.07) is 0. The molecule has 0 rings (SSSR count). The van der Waals surface area contributed by atoms with Gasteiger partial charge in [-0.25, -0.2) is 0 Å². The number of unbranched alkanes of at least 4 members (excludes halogenated alkanes) is 55. The van der Waals surface area contributed by atoms with Crippen molar-refractivity contribution >= 4 is 29.8 Å². The Morgan fingerprint density at radius 1 is 0.214 bits per heavy atom. The van der Waals surface area contributed by atoms with E-state index < -0.39 is 18.0 Å². The van der Waals surface area contributed by atoms with Crippen LogP contribution in [0, 0.1) is 0 Å². The summed E-state index contributed by atoms with van der Waals surface area (Å²) in [5, 5.41) is 17.0. The molecule has 0 fully saturated rings. The SMILES string of the molecule is CCCCCCCC/C=C\CCCCCCCC(=O)O.CCCCCCCC/C=C\CCCCCCCC(=O)O.CCCCCCCC/C=C\CCCCCCCC(=O)OCC(COC(=O)CCCCCCC/C=C\CCCCCCCC)OC(=O)CCCCCCC/C=C\CCCCCCCC. The molecule has 0 radical (unpaired) electrons. The second kappa shape index (κ2) is 94.1. The lowest BCUT2D eigenvalue weighted by atomic mass is 10.1. The Bertz CT molecular complexity index is 1780. The maximum absolute atomic E-state index is 12.8. The van der Waals surface area contributed by atoms with Crippen LogP contribution in [0.4, 0.5) is 0 Å². The third-order valence-corrected chi connectivity index (χ3v) is 19.4. The number of rotatable bonds is 80. The predicted molar refractivity (Wildman–Crippen MR) is 444 cm³/mol. The van der Waals surface area contributed by atoms with Crippen LogP contribution in [0.3, 0.4) is 0 Å². The van der Waals surface area contributed by atoms with Crippen molar-refractivity contribution in [2.45, 2.75) is 490 Å². The molecule has 0 heterocycles. The highest BCUT2D eigenvalue weighted by atomic mass is 16.6. The first-order chi connectivity index (χ1) is 50.6. The van der Waals surface area contributed by atoms with Gasteiger partial charge in [0.1, 0.15) is 13.2 Å². The minimum absolute atomic E-state index is 0.0806. The molecule has 103 heavy (non-hydrogen) atoms. The number of carboxylic acids is 2. The van der Waals surface area contributed by atoms with E-state index in [0.717, 1.165) is 103 Å². The molecule has 2 N–H and O–H groups in total. The van der Waals surface area contributed by atoms with Crippen LogP contribution in [0.1, 0.15) is 484 Å². The standard InChI is InChI=1S/C57H104O6.2C18H34O2/c1-4-7-10-13-16-19-22-25-28-31-34-37-40-43-46-49-55(58)61-52-54(63-57(60)51-48-45-42-39-36-33-30-27-24-21-18-15-12-9-6-3)53-62-56(59)50-47-44-41-38-35-32-29-26-23-20-17-14-11-8-5-2;2*1-2-3-4-5-6-7-8-9-10-11-12-13-14-15-16-17-18(19)20/h25-30,54H,4-24,31-53H2,1-3H3;2*9-10H,2-8,11-17H2,1H3,(H,19,20)/b28-25-,29-26-,30-27-;2*10-9-. The van der Waals surface area contributed by atoms with Gasteiger partial charge in [0.2, 0.25) is 0 Å². The number of ether oxygens (including phenoxy) is 3. The van der Waals surface area contributed by atoms with Gasteiger partial charge in [0, 0.05) is 32.1 Å². The van der Waals surface area contributed by atoms with Crippen LogP contribution in [0.5, 0.6) is 0 Å². The largest absolute Gasteiger partial charge is 0.481 e. The molecule has 0 aliphatic carbocycles. The maximum atomic E-state index is 12.8. The number of aliphatic carboxylic acids is 2. The highest BCUT2D eigenvalue weighted by molar-refractivity contribution is 5.71. The summed E-state index contributed by atoms with van der Waals surface area (Å²) in [6.07, 6.45) is 104. The van der Waals surface area contributed by atoms with Crippen molar-refractivity contribution in [3.63, 3.8) is 0 Å². The van der Waals surface area contributed by atoms with Crippen molar-refractivity contribution in [1.82, 2.24) is 0 Å². The lowest BCUT2D eigenvalue weighted by molar-refractivity contribution is -0.167. The second-order valence-electron chi connectivity index (χ2n) is 29.9. The molecule has 0 atom stereocenters. The van der Waals surface area contributed by atoms with E-state index in [1.165, 1.54) is 315 Å². The molecule has 0 saturated heterocycles. The van der Waals surface area contributed by atoms with Gasteiger partial charge in [-0.2, -0.15) is 0 Å². The van der Waals surface area contributed by atoms with E-state index in [4.69, 9.17) is 24.4 Å². The minimum atomic E-state index is -0.781. The topological polar surface area (TPSA) is 153 Å². The number of hydrogen-bond donors (Lipinski definition) is 2. The lowest BCUT2D eigenvalue weighted by Crippen LogP contribution is -2.30. The molecule has 10 nitrogen and oxygen atoms in total. The van der Waals surface area contributed by atoms with Gasteiger partial charge in [0.05, 0.1) is 0 Å². The number of carbonyl (C=O) groups is 5. The van der Waals surface area contributed by atoms with E-state index in [1.54, 1.807) is 0 Å². The number of carbonyl (C=O) groups excluding carboxylic acids is 3. The Balaban J connectivity index is -0.00000201. The van der Waals surface area contributed by atoms with E-state index >= 15 is 0 Å². The zero-order valence-electron chi connectivity index (χ0n) is 68.9. The van der Waals surface area contributed by atoms with Gasteiger partial charge in [0.15, 0.2) is 6.10 Å². The van der Waals surface area contributed by atoms with E-state index in [2.05, 4.69) is 95.4 Å². The molecule has 0 aliphatic heterocycles. The van der Waals surface area contributed by atoms with Crippen molar-refractivity contribution in [2.75, 3.05) is 13.2 Å². The van der Waals surface area contributed by atoms with Gasteiger partial charge in [-0.1, -0.05) is 352 Å². The van der Waals surface area contributed by atoms with Gasteiger partial charge in [-0.05, 0) is 161 Å². The van der Waals surface area contributed by atoms with Crippen LogP contribution in [-0.2, 0) is 38.2 Å². The molecule has 0 bridgehead atoms. The van der Waals surface area contributed by atoms with Gasteiger partial charge < -0.3 is 24.4 Å². The number of esters is 3. The van der Waals surface area contributed by atoms with Crippen molar-refractivity contribution in [3.05, 3.63) is 60.8 Å². The average molecular weight is 1450 g/mol. The zero-order chi connectivity index (χ0) is 75.6. The molecular formula is C93H172O10. The van der Waals surface area contributed by atoms with Crippen LogP contribution >= 0.6 is 0 Å². The average Bonchev–Trinajstić information content (AvgIpc) is 1.13. The van der Waals surface area contributed by atoms with Crippen LogP contribution in [0.25, 0.3) is 0 Å². The summed E-state index contributed by atoms with van der Waals surface area (Å²) in [5.41, 5.74) is 0. The Hall–Kier alpha value is -3.95. The quantitative estimate of drug-likeness (QED) is 0.0260. The van der Waals surface area contributed by atoms with Crippen LogP contribution in [0.15, 0.2) is 60.8 Å². The summed E-state index contributed by atoms with van der Waals surface area (Å²) in [4.78, 5) is 58.7. The normalized spacial score (nSPS) is 11.6. The van der Waals surface area contributed by atoms with Crippen molar-refractivity contribution in [3.8, 4) is 0 Å². The van der Waals surface area contributed by atoms with Crippen LogP contribution in [0.2, 0.25) is 0 Å². The van der Waals surface area contributed by atoms with E-state index in [0.29, 0.717) is 32.1 Å². The monoisotopic (exact) mass is 1450 g/mol. The lowest BCUT2D eigenvalue weighted by Gasteiger charge is -2.18. The molecule has 604 valence electrons. The summed E-state index contributed by atoms with van der Waals surface area (Å²) in [5.74, 6) is -2.22. The van der Waals surface area contributed by atoms with Crippen molar-refractivity contribution < 1.29 is 48.4 Å². The summed E-state index contributed by atoms with van der Waals surface area (Å²) in [7, 11) is 0. The first kappa shape index (κ1) is 103. The number of carboxylic acid groups (broad SMARTS) is 2. The fourth-order valence-corrected chi connectivity index (χ4v) is 12.6. The Morgan fingerprint density at radius 2 is 0.369 bits per heavy atom. The van der Waals surface area contributed by atoms with Crippen molar-refractivity contribution in [1.29, 1.82) is 0 Å². The Labute approximate surface area is 639 Å². The molecule has 0 aromatic carbocycles. The van der Waals surface area contributed by atoms with Gasteiger partial charge >= 0.3 is 29.8 Å². The highest BCUT2D eigenvalue weighted by Gasteiger charge is 2.20. The van der Waals surface area contributed by atoms with Crippen LogP contribution in [-0.4, -0.2) is 59.4 Å². The molecule has 0 amide bonds. The zero-order valence-corrected chi connectivity index (χ0v) is 68.9. The van der Waals surface area contributed by atoms with E-state index in [1.807, 2.05) is 0 Å². The summed E-state index contributed by atoms with van der Waals surface area (Å²) in [6.45, 7) is 11.1. The molecule has 0 unspecified atom stereocenters. The van der Waals surface area contributed by atoms with Gasteiger partial charge in [0.25, 0.3) is 0 Å². The third kappa shape index (κ3) is 100. The fraction of sp³-hybridized carbons (Fsp3) is 0.839. The van der Waals surface area contributed by atoms with E-state index in [-0.39, 0.29) is 31.1 Å². The highest BCUT2D eigenvalue weighted by Crippen LogP contribution is 2.18. The predicted octanol–water partition coefficient (Wildman–Crippen LogP) is 30.3. The Kier molecular flexibility index (Phi) is 94.3. The molecule has 0 aromatic rings. The minimum Gasteiger partial charge on any atom is -0.481 e. The third-order valence-electron chi connectivity index (χ3n) is 19.4. The molecular weight excluding hydrogens is 1280 g/mol. The van der Waals surface area contributed by atoms with Crippen LogP contribution < -0.4 is 0 Å². The summed E-state index contributed by atoms with van der Waals surface area (Å²) >= 11 is 0. The first-order valence-electron chi connectivity index (χ1n) is 44.8. The first-order valence-corrected chi connectivity index (χ1v) is 44.8. The Morgan fingerprint density at radius 3 is 0.553 bits per heavy atom. The van der Waals surface area contributed by atoms with E-state index in [9.17, 15) is 24.0 Å². The second-order valence-corrected chi connectivity index (χ2v) is 29.9. The summed E-state index contributed by atoms with van der Waals surface area (Å²) < 4.78 is 16.8. The fourth-order valence-electron chi connectivity index (χ4n) is 12.6. The smallest absolute Gasteiger partial charge is 0.306 e. The molecule has 0 spiro atoms. The molecule has 0 aliphatic rings.